The molecule has 0 aromatic carbocycles. The first-order chi connectivity index (χ1) is 15.1. The molecule has 8 heteroatoms. The molecule has 3 saturated carbocycles. The van der Waals surface area contributed by atoms with E-state index >= 15 is 0 Å². The maximum absolute atomic E-state index is 13.3. The molecule has 0 amide bonds. The Kier molecular flexibility index (Phi) is 5.78. The van der Waals surface area contributed by atoms with E-state index in [1.807, 2.05) is 13.8 Å². The standard InChI is InChI=1S/C24H34O8/c1-5-22(3,4)19(26)29-13-16(25)30-17-14-11-15-18(17)31-20(27)24(15,12-14)21(28)32-23(6-2)9-7-8-10-23/h14-15,17-18H,5-13H2,1-4H3. The van der Waals surface area contributed by atoms with Gasteiger partial charge in [-0.3, -0.25) is 14.4 Å². The van der Waals surface area contributed by atoms with E-state index < -0.39 is 59.1 Å². The fourth-order valence-corrected chi connectivity index (χ4v) is 5.92. The van der Waals surface area contributed by atoms with Gasteiger partial charge in [0.15, 0.2) is 12.0 Å². The van der Waals surface area contributed by atoms with Crippen LogP contribution in [-0.4, -0.2) is 48.3 Å². The summed E-state index contributed by atoms with van der Waals surface area (Å²) in [6.07, 6.45) is 4.58. The molecule has 1 heterocycles. The van der Waals surface area contributed by atoms with Crippen molar-refractivity contribution in [1.82, 2.24) is 0 Å². The highest BCUT2D eigenvalue weighted by molar-refractivity contribution is 6.03. The van der Waals surface area contributed by atoms with Crippen molar-refractivity contribution in [2.45, 2.75) is 96.9 Å². The van der Waals surface area contributed by atoms with Gasteiger partial charge in [-0.2, -0.15) is 0 Å². The van der Waals surface area contributed by atoms with E-state index in [9.17, 15) is 19.2 Å². The summed E-state index contributed by atoms with van der Waals surface area (Å²) in [7, 11) is 0. The van der Waals surface area contributed by atoms with E-state index in [1.165, 1.54) is 0 Å². The Balaban J connectivity index is 1.39. The molecule has 2 bridgehead atoms. The van der Waals surface area contributed by atoms with Gasteiger partial charge in [0.1, 0.15) is 17.8 Å². The van der Waals surface area contributed by atoms with Gasteiger partial charge in [0.05, 0.1) is 5.41 Å². The van der Waals surface area contributed by atoms with Crippen LogP contribution in [0, 0.1) is 22.7 Å². The fraction of sp³-hybridized carbons (Fsp3) is 0.833. The van der Waals surface area contributed by atoms with E-state index in [-0.39, 0.29) is 18.3 Å². The lowest BCUT2D eigenvalue weighted by Crippen LogP contribution is -2.48. The molecule has 1 saturated heterocycles. The van der Waals surface area contributed by atoms with Gasteiger partial charge in [0.2, 0.25) is 0 Å². The zero-order chi connectivity index (χ0) is 23.3. The third-order valence-electron chi connectivity index (χ3n) is 8.42. The van der Waals surface area contributed by atoms with Crippen molar-refractivity contribution < 1.29 is 38.1 Å². The van der Waals surface area contributed by atoms with E-state index in [2.05, 4.69) is 0 Å². The molecule has 0 aromatic rings. The number of hydrogen-bond donors (Lipinski definition) is 0. The van der Waals surface area contributed by atoms with Gasteiger partial charge < -0.3 is 18.9 Å². The predicted octanol–water partition coefficient (Wildman–Crippen LogP) is 3.10. The Morgan fingerprint density at radius 2 is 1.84 bits per heavy atom. The predicted molar refractivity (Wildman–Crippen MR) is 111 cm³/mol. The Hall–Kier alpha value is -2.12. The molecule has 0 aromatic heterocycles. The molecular formula is C24H34O8. The van der Waals surface area contributed by atoms with Crippen molar-refractivity contribution in [2.24, 2.45) is 22.7 Å². The second-order valence-corrected chi connectivity index (χ2v) is 10.5. The second kappa shape index (κ2) is 8.03. The molecule has 5 unspecified atom stereocenters. The van der Waals surface area contributed by atoms with Crippen LogP contribution < -0.4 is 0 Å². The summed E-state index contributed by atoms with van der Waals surface area (Å²) in [5.74, 6) is -2.66. The van der Waals surface area contributed by atoms with Gasteiger partial charge in [0, 0.05) is 11.8 Å². The lowest BCUT2D eigenvalue weighted by Gasteiger charge is -2.35. The second-order valence-electron chi connectivity index (χ2n) is 10.5. The third-order valence-corrected chi connectivity index (χ3v) is 8.42. The van der Waals surface area contributed by atoms with Crippen LogP contribution in [0.1, 0.15) is 79.1 Å². The number of carbonyl (C=O) groups excluding carboxylic acids is 4. The number of carbonyl (C=O) groups is 4. The van der Waals surface area contributed by atoms with E-state index in [0.717, 1.165) is 32.1 Å². The maximum atomic E-state index is 13.3. The summed E-state index contributed by atoms with van der Waals surface area (Å²) in [5.41, 5.74) is -2.43. The van der Waals surface area contributed by atoms with E-state index in [4.69, 9.17) is 18.9 Å². The van der Waals surface area contributed by atoms with Gasteiger partial charge in [-0.25, -0.2) is 4.79 Å². The van der Waals surface area contributed by atoms with Crippen molar-refractivity contribution in [2.75, 3.05) is 6.61 Å². The van der Waals surface area contributed by atoms with E-state index in [1.54, 1.807) is 13.8 Å². The molecule has 4 fully saturated rings. The van der Waals surface area contributed by atoms with Crippen LogP contribution in [0.2, 0.25) is 0 Å². The summed E-state index contributed by atoms with van der Waals surface area (Å²) in [6, 6.07) is 0. The minimum atomic E-state index is -1.28. The monoisotopic (exact) mass is 450 g/mol. The SMILES string of the molecule is CCC1(OC(=O)C23CC4CC2C(OC3=O)C4OC(=O)COC(=O)C(C)(C)CC)CCCC1. The molecule has 0 N–H and O–H groups in total. The van der Waals surface area contributed by atoms with Gasteiger partial charge in [0.25, 0.3) is 0 Å². The van der Waals surface area contributed by atoms with Crippen LogP contribution >= 0.6 is 0 Å². The zero-order valence-electron chi connectivity index (χ0n) is 19.4. The Morgan fingerprint density at radius 1 is 1.16 bits per heavy atom. The largest absolute Gasteiger partial charge is 0.458 e. The zero-order valence-corrected chi connectivity index (χ0v) is 19.4. The molecule has 32 heavy (non-hydrogen) atoms. The fourth-order valence-electron chi connectivity index (χ4n) is 5.92. The van der Waals surface area contributed by atoms with Crippen molar-refractivity contribution in [3.63, 3.8) is 0 Å². The maximum Gasteiger partial charge on any atom is 0.344 e. The summed E-state index contributed by atoms with van der Waals surface area (Å²) < 4.78 is 22.3. The van der Waals surface area contributed by atoms with Gasteiger partial charge >= 0.3 is 23.9 Å². The van der Waals surface area contributed by atoms with Gasteiger partial charge in [-0.15, -0.1) is 0 Å². The van der Waals surface area contributed by atoms with Crippen molar-refractivity contribution in [3.05, 3.63) is 0 Å². The summed E-state index contributed by atoms with van der Waals surface area (Å²) in [5, 5.41) is 0. The van der Waals surface area contributed by atoms with Gasteiger partial charge in [-0.1, -0.05) is 13.8 Å². The van der Waals surface area contributed by atoms with Crippen LogP contribution in [0.4, 0.5) is 0 Å². The first-order valence-electron chi connectivity index (χ1n) is 11.9. The average molecular weight is 451 g/mol. The van der Waals surface area contributed by atoms with Crippen LogP contribution in [0.3, 0.4) is 0 Å². The Bertz CT molecular complexity index is 811. The summed E-state index contributed by atoms with van der Waals surface area (Å²) >= 11 is 0. The molecule has 178 valence electrons. The molecule has 8 nitrogen and oxygen atoms in total. The van der Waals surface area contributed by atoms with Gasteiger partial charge in [-0.05, 0) is 65.2 Å². The number of rotatable bonds is 8. The van der Waals surface area contributed by atoms with Crippen molar-refractivity contribution in [1.29, 1.82) is 0 Å². The van der Waals surface area contributed by atoms with Crippen LogP contribution in [0.25, 0.3) is 0 Å². The lowest BCUT2D eigenvalue weighted by atomic mass is 9.73. The minimum Gasteiger partial charge on any atom is -0.458 e. The van der Waals surface area contributed by atoms with Crippen LogP contribution in [0.15, 0.2) is 0 Å². The average Bonchev–Trinajstić information content (AvgIpc) is 3.50. The lowest BCUT2D eigenvalue weighted by molar-refractivity contribution is -0.178. The Morgan fingerprint density at radius 3 is 2.47 bits per heavy atom. The highest BCUT2D eigenvalue weighted by Crippen LogP contribution is 2.63. The summed E-state index contributed by atoms with van der Waals surface area (Å²) in [6.45, 7) is 6.90. The number of fused-ring (bicyclic) bond motifs is 1. The minimum absolute atomic E-state index is 0.156. The number of esters is 4. The summed E-state index contributed by atoms with van der Waals surface area (Å²) in [4.78, 5) is 50.6. The highest BCUT2D eigenvalue weighted by Gasteiger charge is 2.75. The number of hydrogen-bond acceptors (Lipinski definition) is 8. The van der Waals surface area contributed by atoms with Crippen molar-refractivity contribution in [3.8, 4) is 0 Å². The molecule has 1 aliphatic heterocycles. The molecule has 0 radical (unpaired) electrons. The number of ether oxygens (including phenoxy) is 4. The molecule has 5 atom stereocenters. The van der Waals surface area contributed by atoms with Crippen LogP contribution in [0.5, 0.6) is 0 Å². The molecule has 0 spiro atoms. The van der Waals surface area contributed by atoms with E-state index in [0.29, 0.717) is 12.8 Å². The van der Waals surface area contributed by atoms with Crippen molar-refractivity contribution >= 4 is 23.9 Å². The van der Waals surface area contributed by atoms with Crippen LogP contribution in [-0.2, 0) is 38.1 Å². The normalized spacial score (nSPS) is 34.3. The molecule has 4 aliphatic rings. The smallest absolute Gasteiger partial charge is 0.344 e. The molecular weight excluding hydrogens is 416 g/mol. The molecule has 3 aliphatic carbocycles. The third kappa shape index (κ3) is 3.50. The molecule has 4 rings (SSSR count). The first-order valence-corrected chi connectivity index (χ1v) is 11.9. The first kappa shape index (κ1) is 23.1. The highest BCUT2D eigenvalue weighted by atomic mass is 16.6. The Labute approximate surface area is 188 Å². The quantitative estimate of drug-likeness (QED) is 0.316. The topological polar surface area (TPSA) is 105 Å².